The van der Waals surface area contributed by atoms with Crippen LogP contribution >= 0.6 is 0 Å². The molecule has 0 bridgehead atoms. The first-order chi connectivity index (χ1) is 13.5. The number of ether oxygens (including phenoxy) is 2. The Bertz CT molecular complexity index is 970. The van der Waals surface area contributed by atoms with Crippen molar-refractivity contribution in [3.05, 3.63) is 54.4 Å². The average molecular weight is 381 g/mol. The zero-order chi connectivity index (χ0) is 20.1. The van der Waals surface area contributed by atoms with Gasteiger partial charge in [0.05, 0.1) is 6.10 Å². The third kappa shape index (κ3) is 4.29. The summed E-state index contributed by atoms with van der Waals surface area (Å²) in [6, 6.07) is 12.7. The number of pyridine rings is 1. The highest BCUT2D eigenvalue weighted by molar-refractivity contribution is 6.02. The number of nitrogens with two attached hydrogens (primary N) is 1. The van der Waals surface area contributed by atoms with E-state index in [2.05, 4.69) is 15.4 Å². The number of hydrogen-bond acceptors (Lipinski definition) is 6. The SMILES string of the molecule is COC(C)COc1ccccc1-c1ccc(NC(=O)c2ccnn2C)nc1N. The fourth-order valence-corrected chi connectivity index (χ4v) is 2.64. The molecule has 1 atom stereocenters. The number of benzene rings is 1. The van der Waals surface area contributed by atoms with Crippen LogP contribution in [0.15, 0.2) is 48.7 Å². The van der Waals surface area contributed by atoms with Crippen molar-refractivity contribution in [3.8, 4) is 16.9 Å². The first kappa shape index (κ1) is 19.4. The maximum absolute atomic E-state index is 12.3. The summed E-state index contributed by atoms with van der Waals surface area (Å²) in [5.74, 6) is 1.03. The summed E-state index contributed by atoms with van der Waals surface area (Å²) in [5, 5.41) is 6.71. The van der Waals surface area contributed by atoms with Crippen molar-refractivity contribution >= 4 is 17.5 Å². The molecule has 0 aliphatic carbocycles. The molecule has 0 saturated carbocycles. The number of amides is 1. The fraction of sp³-hybridized carbons (Fsp3) is 0.250. The van der Waals surface area contributed by atoms with Crippen molar-refractivity contribution in [2.45, 2.75) is 13.0 Å². The molecule has 8 heteroatoms. The number of nitrogens with zero attached hydrogens (tertiary/aromatic N) is 3. The number of hydrogen-bond donors (Lipinski definition) is 2. The van der Waals surface area contributed by atoms with Crippen molar-refractivity contribution in [1.82, 2.24) is 14.8 Å². The van der Waals surface area contributed by atoms with Gasteiger partial charge in [-0.1, -0.05) is 18.2 Å². The first-order valence-electron chi connectivity index (χ1n) is 8.80. The number of nitrogen functional groups attached to an aromatic ring is 1. The molecule has 0 spiro atoms. The summed E-state index contributed by atoms with van der Waals surface area (Å²) in [7, 11) is 3.33. The number of rotatable bonds is 7. The molecule has 8 nitrogen and oxygen atoms in total. The fourth-order valence-electron chi connectivity index (χ4n) is 2.64. The molecule has 1 amide bonds. The minimum absolute atomic E-state index is 0.0341. The van der Waals surface area contributed by atoms with Crippen LogP contribution < -0.4 is 15.8 Å². The van der Waals surface area contributed by atoms with E-state index >= 15 is 0 Å². The van der Waals surface area contributed by atoms with Crippen molar-refractivity contribution < 1.29 is 14.3 Å². The number of carbonyl (C=O) groups excluding carboxylic acids is 1. The molecule has 0 aliphatic rings. The molecular weight excluding hydrogens is 358 g/mol. The van der Waals surface area contributed by atoms with Crippen LogP contribution in [0.25, 0.3) is 11.1 Å². The number of nitrogens with one attached hydrogen (secondary N) is 1. The van der Waals surface area contributed by atoms with Gasteiger partial charge in [-0.3, -0.25) is 9.48 Å². The van der Waals surface area contributed by atoms with Gasteiger partial charge in [0.15, 0.2) is 0 Å². The van der Waals surface area contributed by atoms with Gasteiger partial charge in [0.1, 0.15) is 29.7 Å². The monoisotopic (exact) mass is 381 g/mol. The normalized spacial score (nSPS) is 11.8. The number of aryl methyl sites for hydroxylation is 1. The standard InChI is InChI=1S/C20H23N5O3/c1-13(27-3)12-28-17-7-5-4-6-14(17)15-8-9-18(23-19(15)21)24-20(26)16-10-11-22-25(16)2/h4-11,13H,12H2,1-3H3,(H3,21,23,24,26). The molecule has 1 unspecified atom stereocenters. The van der Waals surface area contributed by atoms with E-state index in [1.54, 1.807) is 32.5 Å². The van der Waals surface area contributed by atoms with Gasteiger partial charge in [-0.05, 0) is 31.2 Å². The van der Waals surface area contributed by atoms with Gasteiger partial charge in [0.2, 0.25) is 0 Å². The van der Waals surface area contributed by atoms with E-state index in [0.717, 1.165) is 11.1 Å². The molecule has 0 aliphatic heterocycles. The van der Waals surface area contributed by atoms with Gasteiger partial charge < -0.3 is 20.5 Å². The zero-order valence-corrected chi connectivity index (χ0v) is 16.0. The highest BCUT2D eigenvalue weighted by atomic mass is 16.5. The van der Waals surface area contributed by atoms with Crippen molar-refractivity contribution in [2.75, 3.05) is 24.8 Å². The van der Waals surface area contributed by atoms with E-state index in [9.17, 15) is 4.79 Å². The zero-order valence-electron chi connectivity index (χ0n) is 16.0. The lowest BCUT2D eigenvalue weighted by Gasteiger charge is -2.16. The topological polar surface area (TPSA) is 104 Å². The first-order valence-corrected chi connectivity index (χ1v) is 8.80. The summed E-state index contributed by atoms with van der Waals surface area (Å²) in [6.07, 6.45) is 1.52. The van der Waals surface area contributed by atoms with Crippen LogP contribution in [-0.2, 0) is 11.8 Å². The Morgan fingerprint density at radius 1 is 1.21 bits per heavy atom. The third-order valence-corrected chi connectivity index (χ3v) is 4.27. The summed E-state index contributed by atoms with van der Waals surface area (Å²) < 4.78 is 12.6. The number of para-hydroxylation sites is 1. The van der Waals surface area contributed by atoms with Crippen molar-refractivity contribution in [1.29, 1.82) is 0 Å². The number of anilines is 2. The second-order valence-corrected chi connectivity index (χ2v) is 6.28. The van der Waals surface area contributed by atoms with Gasteiger partial charge >= 0.3 is 0 Å². The van der Waals surface area contributed by atoms with Crippen LogP contribution in [0.1, 0.15) is 17.4 Å². The van der Waals surface area contributed by atoms with Crippen LogP contribution in [0, 0.1) is 0 Å². The highest BCUT2D eigenvalue weighted by Crippen LogP contribution is 2.33. The maximum Gasteiger partial charge on any atom is 0.275 e. The lowest BCUT2D eigenvalue weighted by molar-refractivity contribution is 0.0719. The van der Waals surface area contributed by atoms with Gasteiger partial charge in [0.25, 0.3) is 5.91 Å². The quantitative estimate of drug-likeness (QED) is 0.652. The Labute approximate surface area is 163 Å². The van der Waals surface area contributed by atoms with Gasteiger partial charge in [-0.2, -0.15) is 5.10 Å². The summed E-state index contributed by atoms with van der Waals surface area (Å²) in [4.78, 5) is 16.6. The molecule has 0 fully saturated rings. The molecule has 28 heavy (non-hydrogen) atoms. The van der Waals surface area contributed by atoms with E-state index in [0.29, 0.717) is 29.7 Å². The molecule has 1 aromatic carbocycles. The molecule has 3 N–H and O–H groups in total. The van der Waals surface area contributed by atoms with Gasteiger partial charge in [-0.15, -0.1) is 0 Å². The molecule has 2 aromatic heterocycles. The van der Waals surface area contributed by atoms with E-state index in [4.69, 9.17) is 15.2 Å². The van der Waals surface area contributed by atoms with Crippen LogP contribution in [0.3, 0.4) is 0 Å². The Balaban J connectivity index is 1.81. The second-order valence-electron chi connectivity index (χ2n) is 6.28. The van der Waals surface area contributed by atoms with Crippen LogP contribution in [0.2, 0.25) is 0 Å². The Morgan fingerprint density at radius 3 is 2.68 bits per heavy atom. The van der Waals surface area contributed by atoms with Crippen molar-refractivity contribution in [3.63, 3.8) is 0 Å². The number of aromatic nitrogens is 3. The Morgan fingerprint density at radius 2 is 2.00 bits per heavy atom. The molecule has 0 saturated heterocycles. The lowest BCUT2D eigenvalue weighted by Crippen LogP contribution is -2.17. The van der Waals surface area contributed by atoms with Crippen LogP contribution in [-0.4, -0.2) is 40.5 Å². The van der Waals surface area contributed by atoms with Crippen molar-refractivity contribution in [2.24, 2.45) is 7.05 Å². The van der Waals surface area contributed by atoms with Gasteiger partial charge in [-0.25, -0.2) is 4.98 Å². The minimum Gasteiger partial charge on any atom is -0.490 e. The molecular formula is C20H23N5O3. The lowest BCUT2D eigenvalue weighted by atomic mass is 10.1. The van der Waals surface area contributed by atoms with Gasteiger partial charge in [0, 0.05) is 31.5 Å². The maximum atomic E-state index is 12.3. The average Bonchev–Trinajstić information content (AvgIpc) is 3.12. The van der Waals surface area contributed by atoms with E-state index in [-0.39, 0.29) is 12.0 Å². The third-order valence-electron chi connectivity index (χ3n) is 4.27. The highest BCUT2D eigenvalue weighted by Gasteiger charge is 2.14. The smallest absolute Gasteiger partial charge is 0.275 e. The Hall–Kier alpha value is -3.39. The Kier molecular flexibility index (Phi) is 5.90. The molecule has 146 valence electrons. The summed E-state index contributed by atoms with van der Waals surface area (Å²) in [5.41, 5.74) is 8.14. The molecule has 0 radical (unpaired) electrons. The van der Waals surface area contributed by atoms with Crippen LogP contribution in [0.4, 0.5) is 11.6 Å². The number of carbonyl (C=O) groups is 1. The van der Waals surface area contributed by atoms with E-state index < -0.39 is 0 Å². The summed E-state index contributed by atoms with van der Waals surface area (Å²) in [6.45, 7) is 2.35. The summed E-state index contributed by atoms with van der Waals surface area (Å²) >= 11 is 0. The molecule has 3 aromatic rings. The molecule has 3 rings (SSSR count). The predicted octanol–water partition coefficient (Wildman–Crippen LogP) is 2.73. The number of methoxy groups -OCH3 is 1. The van der Waals surface area contributed by atoms with Crippen LogP contribution in [0.5, 0.6) is 5.75 Å². The predicted molar refractivity (Wildman–Crippen MR) is 107 cm³/mol. The largest absolute Gasteiger partial charge is 0.490 e. The van der Waals surface area contributed by atoms with E-state index in [1.165, 1.54) is 4.68 Å². The minimum atomic E-state index is -0.308. The molecule has 2 heterocycles. The second kappa shape index (κ2) is 8.53. The van der Waals surface area contributed by atoms with E-state index in [1.807, 2.05) is 37.3 Å².